The fourth-order valence-electron chi connectivity index (χ4n) is 4.51. The standard InChI is InChI=1S/C29H20O/c1-19-13-18-23(25-8-3-2-7-22(19)25)20-14-16-21(17-15-20)24-10-6-11-27-26-9-4-5-12-28(26)30-29(24)27/h2-18H,1H3. The largest absolute Gasteiger partial charge is 0.455 e. The zero-order valence-electron chi connectivity index (χ0n) is 16.7. The molecule has 142 valence electrons. The molecular formula is C29H20O. The van der Waals surface area contributed by atoms with Crippen LogP contribution in [0.5, 0.6) is 0 Å². The van der Waals surface area contributed by atoms with E-state index in [4.69, 9.17) is 4.42 Å². The van der Waals surface area contributed by atoms with Gasteiger partial charge in [-0.15, -0.1) is 0 Å². The molecular weight excluding hydrogens is 364 g/mol. The van der Waals surface area contributed by atoms with Crippen molar-refractivity contribution >= 4 is 32.7 Å². The normalized spacial score (nSPS) is 11.5. The van der Waals surface area contributed by atoms with Crippen molar-refractivity contribution in [1.29, 1.82) is 0 Å². The van der Waals surface area contributed by atoms with Gasteiger partial charge in [0.15, 0.2) is 0 Å². The first-order chi connectivity index (χ1) is 14.8. The molecule has 0 bridgehead atoms. The Balaban J connectivity index is 1.49. The lowest BCUT2D eigenvalue weighted by molar-refractivity contribution is 0.670. The number of fused-ring (bicyclic) bond motifs is 4. The molecule has 1 aromatic heterocycles. The summed E-state index contributed by atoms with van der Waals surface area (Å²) in [5.74, 6) is 0. The van der Waals surface area contributed by atoms with Crippen LogP contribution in [0.25, 0.3) is 55.0 Å². The molecule has 0 spiro atoms. The minimum atomic E-state index is 0.933. The van der Waals surface area contributed by atoms with E-state index in [9.17, 15) is 0 Å². The molecule has 6 rings (SSSR count). The van der Waals surface area contributed by atoms with E-state index in [2.05, 4.69) is 97.9 Å². The molecule has 0 saturated heterocycles. The fourth-order valence-corrected chi connectivity index (χ4v) is 4.51. The van der Waals surface area contributed by atoms with Gasteiger partial charge in [0.2, 0.25) is 0 Å². The highest BCUT2D eigenvalue weighted by molar-refractivity contribution is 6.09. The minimum Gasteiger partial charge on any atom is -0.455 e. The van der Waals surface area contributed by atoms with Crippen LogP contribution in [0.2, 0.25) is 0 Å². The molecule has 6 aromatic rings. The predicted octanol–water partition coefficient (Wildman–Crippen LogP) is 8.38. The van der Waals surface area contributed by atoms with Crippen LogP contribution in [-0.4, -0.2) is 0 Å². The van der Waals surface area contributed by atoms with E-state index in [-0.39, 0.29) is 0 Å². The van der Waals surface area contributed by atoms with Gasteiger partial charge in [-0.05, 0) is 46.0 Å². The van der Waals surface area contributed by atoms with Crippen molar-refractivity contribution in [1.82, 2.24) is 0 Å². The zero-order chi connectivity index (χ0) is 20.1. The Labute approximate surface area is 175 Å². The molecule has 0 atom stereocenters. The molecule has 0 unspecified atom stereocenters. The van der Waals surface area contributed by atoms with Gasteiger partial charge in [0, 0.05) is 16.3 Å². The number of aryl methyl sites for hydroxylation is 1. The van der Waals surface area contributed by atoms with Crippen LogP contribution in [0.15, 0.2) is 108 Å². The molecule has 30 heavy (non-hydrogen) atoms. The third-order valence-electron chi connectivity index (χ3n) is 6.05. The number of rotatable bonds is 2. The summed E-state index contributed by atoms with van der Waals surface area (Å²) in [7, 11) is 0. The number of hydrogen-bond acceptors (Lipinski definition) is 1. The first kappa shape index (κ1) is 17.1. The van der Waals surface area contributed by atoms with E-state index >= 15 is 0 Å². The summed E-state index contributed by atoms with van der Waals surface area (Å²) in [4.78, 5) is 0. The van der Waals surface area contributed by atoms with Crippen molar-refractivity contribution < 1.29 is 4.42 Å². The maximum Gasteiger partial charge on any atom is 0.143 e. The number of hydrogen-bond donors (Lipinski definition) is 0. The summed E-state index contributed by atoms with van der Waals surface area (Å²) < 4.78 is 6.22. The fraction of sp³-hybridized carbons (Fsp3) is 0.0345. The van der Waals surface area contributed by atoms with Crippen LogP contribution >= 0.6 is 0 Å². The second kappa shape index (κ2) is 6.60. The predicted molar refractivity (Wildman–Crippen MR) is 127 cm³/mol. The van der Waals surface area contributed by atoms with Crippen molar-refractivity contribution in [2.75, 3.05) is 0 Å². The molecule has 0 fully saturated rings. The Bertz CT molecular complexity index is 1530. The first-order valence-electron chi connectivity index (χ1n) is 10.3. The van der Waals surface area contributed by atoms with Crippen LogP contribution in [0.4, 0.5) is 0 Å². The summed E-state index contributed by atoms with van der Waals surface area (Å²) in [6.07, 6.45) is 0. The summed E-state index contributed by atoms with van der Waals surface area (Å²) in [6, 6.07) is 36.5. The minimum absolute atomic E-state index is 0.933. The third-order valence-corrected chi connectivity index (χ3v) is 6.05. The Morgan fingerprint density at radius 2 is 1.10 bits per heavy atom. The summed E-state index contributed by atoms with van der Waals surface area (Å²) in [6.45, 7) is 2.17. The molecule has 1 nitrogen and oxygen atoms in total. The number of para-hydroxylation sites is 2. The van der Waals surface area contributed by atoms with E-state index in [1.54, 1.807) is 0 Å². The van der Waals surface area contributed by atoms with Crippen LogP contribution in [0.3, 0.4) is 0 Å². The molecule has 0 amide bonds. The maximum atomic E-state index is 6.22. The van der Waals surface area contributed by atoms with Gasteiger partial charge < -0.3 is 4.42 Å². The molecule has 0 aliphatic rings. The average Bonchev–Trinajstić information content (AvgIpc) is 3.19. The van der Waals surface area contributed by atoms with Crippen molar-refractivity contribution in [2.24, 2.45) is 0 Å². The SMILES string of the molecule is Cc1ccc(-c2ccc(-c3cccc4c3oc3ccccc34)cc2)c2ccccc12. The number of furan rings is 1. The highest BCUT2D eigenvalue weighted by Crippen LogP contribution is 2.37. The Kier molecular flexibility index (Phi) is 3.75. The van der Waals surface area contributed by atoms with Crippen molar-refractivity contribution in [3.8, 4) is 22.3 Å². The second-order valence-corrected chi connectivity index (χ2v) is 7.83. The molecule has 0 aliphatic heterocycles. The lowest BCUT2D eigenvalue weighted by Crippen LogP contribution is -1.85. The summed E-state index contributed by atoms with van der Waals surface area (Å²) >= 11 is 0. The first-order valence-corrected chi connectivity index (χ1v) is 10.3. The van der Waals surface area contributed by atoms with Crippen LogP contribution in [0, 0.1) is 6.92 Å². The van der Waals surface area contributed by atoms with Crippen molar-refractivity contribution in [3.63, 3.8) is 0 Å². The van der Waals surface area contributed by atoms with Crippen LogP contribution in [-0.2, 0) is 0 Å². The Morgan fingerprint density at radius 1 is 0.467 bits per heavy atom. The Hall–Kier alpha value is -3.84. The zero-order valence-corrected chi connectivity index (χ0v) is 16.7. The van der Waals surface area contributed by atoms with Crippen LogP contribution < -0.4 is 0 Å². The topological polar surface area (TPSA) is 13.1 Å². The molecule has 5 aromatic carbocycles. The lowest BCUT2D eigenvalue weighted by Gasteiger charge is -2.10. The lowest BCUT2D eigenvalue weighted by atomic mass is 9.94. The van der Waals surface area contributed by atoms with Gasteiger partial charge in [-0.25, -0.2) is 0 Å². The molecule has 1 heteroatoms. The molecule has 0 aliphatic carbocycles. The van der Waals surface area contributed by atoms with Gasteiger partial charge in [0.05, 0.1) is 0 Å². The van der Waals surface area contributed by atoms with Gasteiger partial charge in [-0.2, -0.15) is 0 Å². The van der Waals surface area contributed by atoms with Gasteiger partial charge in [0.25, 0.3) is 0 Å². The maximum absolute atomic E-state index is 6.22. The third kappa shape index (κ3) is 2.56. The smallest absolute Gasteiger partial charge is 0.143 e. The van der Waals surface area contributed by atoms with E-state index in [1.165, 1.54) is 33.0 Å². The van der Waals surface area contributed by atoms with E-state index in [0.717, 1.165) is 27.5 Å². The number of benzene rings is 5. The second-order valence-electron chi connectivity index (χ2n) is 7.83. The summed E-state index contributed by atoms with van der Waals surface area (Å²) in [5.41, 5.74) is 7.98. The van der Waals surface area contributed by atoms with E-state index < -0.39 is 0 Å². The summed E-state index contributed by atoms with van der Waals surface area (Å²) in [5, 5.41) is 4.93. The van der Waals surface area contributed by atoms with Crippen molar-refractivity contribution in [2.45, 2.75) is 6.92 Å². The highest BCUT2D eigenvalue weighted by atomic mass is 16.3. The van der Waals surface area contributed by atoms with Crippen LogP contribution in [0.1, 0.15) is 5.56 Å². The average molecular weight is 384 g/mol. The quantitative estimate of drug-likeness (QED) is 0.292. The monoisotopic (exact) mass is 384 g/mol. The van der Waals surface area contributed by atoms with Gasteiger partial charge >= 0.3 is 0 Å². The Morgan fingerprint density at radius 3 is 1.90 bits per heavy atom. The van der Waals surface area contributed by atoms with Gasteiger partial charge in [-0.1, -0.05) is 97.1 Å². The van der Waals surface area contributed by atoms with E-state index in [0.29, 0.717) is 0 Å². The molecule has 0 saturated carbocycles. The van der Waals surface area contributed by atoms with E-state index in [1.807, 2.05) is 12.1 Å². The molecule has 0 N–H and O–H groups in total. The van der Waals surface area contributed by atoms with Gasteiger partial charge in [0.1, 0.15) is 11.2 Å². The molecule has 0 radical (unpaired) electrons. The molecule has 1 heterocycles. The highest BCUT2D eigenvalue weighted by Gasteiger charge is 2.12. The van der Waals surface area contributed by atoms with Gasteiger partial charge in [-0.3, -0.25) is 0 Å². The van der Waals surface area contributed by atoms with Crippen molar-refractivity contribution in [3.05, 3.63) is 109 Å².